The van der Waals surface area contributed by atoms with Gasteiger partial charge < -0.3 is 29.6 Å². The molecule has 3 rings (SSSR count). The van der Waals surface area contributed by atoms with Crippen molar-refractivity contribution in [2.45, 2.75) is 62.5 Å². The molecule has 1 saturated carbocycles. The molecule has 24 heavy (non-hydrogen) atoms. The molecule has 2 N–H and O–H groups in total. The molecule has 1 aliphatic carbocycles. The van der Waals surface area contributed by atoms with Crippen molar-refractivity contribution in [1.82, 2.24) is 10.6 Å². The van der Waals surface area contributed by atoms with E-state index < -0.39 is 12.2 Å². The van der Waals surface area contributed by atoms with Gasteiger partial charge in [-0.05, 0) is 12.8 Å². The Morgan fingerprint density at radius 2 is 1.79 bits per heavy atom. The molecular weight excluding hydrogens is 316 g/mol. The summed E-state index contributed by atoms with van der Waals surface area (Å²) in [6, 6.07) is -0.0393. The maximum atomic E-state index is 12.1. The Hall–Kier alpha value is -1.38. The van der Waals surface area contributed by atoms with Crippen molar-refractivity contribution in [2.75, 3.05) is 26.9 Å². The van der Waals surface area contributed by atoms with E-state index in [9.17, 15) is 9.59 Å². The average Bonchev–Trinajstić information content (AvgIpc) is 3.13. The second kappa shape index (κ2) is 8.13. The molecule has 4 atom stereocenters. The van der Waals surface area contributed by atoms with E-state index in [4.69, 9.17) is 18.9 Å². The highest BCUT2D eigenvalue weighted by Crippen LogP contribution is 2.29. The predicted octanol–water partition coefficient (Wildman–Crippen LogP) is 0.343. The normalized spacial score (nSPS) is 33.0. The van der Waals surface area contributed by atoms with E-state index >= 15 is 0 Å². The predicted molar refractivity (Wildman–Crippen MR) is 83.6 cm³/mol. The van der Waals surface area contributed by atoms with Crippen molar-refractivity contribution in [3.63, 3.8) is 0 Å². The lowest BCUT2D eigenvalue weighted by Gasteiger charge is -2.24. The van der Waals surface area contributed by atoms with Gasteiger partial charge in [-0.2, -0.15) is 0 Å². The zero-order valence-electron chi connectivity index (χ0n) is 14.0. The molecule has 0 aromatic heterocycles. The number of nitrogens with one attached hydrogen (secondary N) is 2. The number of alkyl carbamates (subject to hydrolysis) is 1. The van der Waals surface area contributed by atoms with Crippen molar-refractivity contribution in [2.24, 2.45) is 0 Å². The van der Waals surface area contributed by atoms with Crippen LogP contribution < -0.4 is 10.6 Å². The number of amides is 2. The van der Waals surface area contributed by atoms with E-state index in [2.05, 4.69) is 10.6 Å². The number of methoxy groups -OCH3 is 1. The number of fused-ring (bicyclic) bond motifs is 1. The number of hydrogen-bond acceptors (Lipinski definition) is 6. The lowest BCUT2D eigenvalue weighted by atomic mass is 9.96. The van der Waals surface area contributed by atoms with Gasteiger partial charge in [-0.25, -0.2) is 4.79 Å². The Morgan fingerprint density at radius 3 is 2.54 bits per heavy atom. The topological polar surface area (TPSA) is 95.1 Å². The van der Waals surface area contributed by atoms with Gasteiger partial charge in [-0.15, -0.1) is 0 Å². The van der Waals surface area contributed by atoms with Crippen molar-refractivity contribution >= 4 is 12.0 Å². The molecule has 3 aliphatic rings. The molecule has 136 valence electrons. The molecule has 0 bridgehead atoms. The van der Waals surface area contributed by atoms with E-state index in [1.54, 1.807) is 0 Å². The molecule has 2 saturated heterocycles. The fourth-order valence-corrected chi connectivity index (χ4v) is 3.65. The first-order valence-electron chi connectivity index (χ1n) is 8.66. The van der Waals surface area contributed by atoms with Crippen molar-refractivity contribution in [3.8, 4) is 0 Å². The average molecular weight is 342 g/mol. The zero-order chi connectivity index (χ0) is 16.9. The van der Waals surface area contributed by atoms with Gasteiger partial charge in [0.05, 0.1) is 19.3 Å². The third kappa shape index (κ3) is 4.17. The number of rotatable bonds is 5. The quantitative estimate of drug-likeness (QED) is 0.748. The molecule has 0 aromatic rings. The Labute approximate surface area is 141 Å². The van der Waals surface area contributed by atoms with Crippen LogP contribution in [0.5, 0.6) is 0 Å². The molecule has 2 aliphatic heterocycles. The summed E-state index contributed by atoms with van der Waals surface area (Å²) < 4.78 is 21.7. The van der Waals surface area contributed by atoms with Crippen LogP contribution in [0.4, 0.5) is 4.79 Å². The summed E-state index contributed by atoms with van der Waals surface area (Å²) in [5.41, 5.74) is 0. The Kier molecular flexibility index (Phi) is 5.91. The molecule has 2 amide bonds. The van der Waals surface area contributed by atoms with Gasteiger partial charge in [-0.3, -0.25) is 4.79 Å². The van der Waals surface area contributed by atoms with Gasteiger partial charge in [0, 0.05) is 13.2 Å². The first-order valence-corrected chi connectivity index (χ1v) is 8.66. The Bertz CT molecular complexity index is 454. The van der Waals surface area contributed by atoms with Crippen LogP contribution in [0, 0.1) is 0 Å². The molecule has 8 heteroatoms. The molecule has 2 heterocycles. The second-order valence-electron chi connectivity index (χ2n) is 6.63. The summed E-state index contributed by atoms with van der Waals surface area (Å²) >= 11 is 0. The highest BCUT2D eigenvalue weighted by atomic mass is 16.6. The van der Waals surface area contributed by atoms with Crippen molar-refractivity contribution in [1.29, 1.82) is 0 Å². The van der Waals surface area contributed by atoms with Crippen LogP contribution in [0.15, 0.2) is 0 Å². The van der Waals surface area contributed by atoms with Crippen LogP contribution in [0.25, 0.3) is 0 Å². The summed E-state index contributed by atoms with van der Waals surface area (Å²) in [6.07, 6.45) is 4.06. The SMILES string of the molecule is COCC(=O)NC1COC2C(OC(=O)NC3CCCCC3)COC12. The third-order valence-corrected chi connectivity index (χ3v) is 4.82. The smallest absolute Gasteiger partial charge is 0.407 e. The summed E-state index contributed by atoms with van der Waals surface area (Å²) in [5.74, 6) is -0.213. The van der Waals surface area contributed by atoms with E-state index in [0.717, 1.165) is 25.7 Å². The minimum absolute atomic E-state index is 0.00237. The van der Waals surface area contributed by atoms with Crippen LogP contribution in [0.1, 0.15) is 32.1 Å². The minimum atomic E-state index is -0.442. The van der Waals surface area contributed by atoms with Crippen molar-refractivity contribution < 1.29 is 28.5 Å². The lowest BCUT2D eigenvalue weighted by molar-refractivity contribution is -0.126. The highest BCUT2D eigenvalue weighted by molar-refractivity contribution is 5.77. The van der Waals surface area contributed by atoms with Crippen LogP contribution in [0.2, 0.25) is 0 Å². The molecule has 3 fully saturated rings. The lowest BCUT2D eigenvalue weighted by Crippen LogP contribution is -2.46. The zero-order valence-corrected chi connectivity index (χ0v) is 14.0. The number of hydrogen-bond donors (Lipinski definition) is 2. The number of ether oxygens (including phenoxy) is 4. The molecule has 0 aromatic carbocycles. The fourth-order valence-electron chi connectivity index (χ4n) is 3.65. The number of carbonyl (C=O) groups excluding carboxylic acids is 2. The minimum Gasteiger partial charge on any atom is -0.441 e. The Morgan fingerprint density at radius 1 is 1.04 bits per heavy atom. The van der Waals surface area contributed by atoms with E-state index in [0.29, 0.717) is 6.61 Å². The Balaban J connectivity index is 1.45. The second-order valence-corrected chi connectivity index (χ2v) is 6.63. The van der Waals surface area contributed by atoms with Gasteiger partial charge in [0.15, 0.2) is 6.10 Å². The standard InChI is InChI=1S/C16H26N2O6/c1-21-9-13(19)18-11-7-22-15-12(8-23-14(11)15)24-16(20)17-10-5-3-2-4-6-10/h10-12,14-15H,2-9H2,1H3,(H,17,20)(H,18,19). The van der Waals surface area contributed by atoms with Gasteiger partial charge in [0.1, 0.15) is 18.8 Å². The van der Waals surface area contributed by atoms with Gasteiger partial charge in [-0.1, -0.05) is 19.3 Å². The van der Waals surface area contributed by atoms with Crippen LogP contribution in [-0.2, 0) is 23.7 Å². The molecular formula is C16H26N2O6. The van der Waals surface area contributed by atoms with E-state index in [1.807, 2.05) is 0 Å². The summed E-state index contributed by atoms with van der Waals surface area (Å²) in [5, 5.41) is 5.75. The van der Waals surface area contributed by atoms with Gasteiger partial charge >= 0.3 is 6.09 Å². The molecule has 8 nitrogen and oxygen atoms in total. The first-order chi connectivity index (χ1) is 11.7. The molecule has 4 unspecified atom stereocenters. The van der Waals surface area contributed by atoms with Gasteiger partial charge in [0.25, 0.3) is 0 Å². The maximum Gasteiger partial charge on any atom is 0.407 e. The van der Waals surface area contributed by atoms with Crippen molar-refractivity contribution in [3.05, 3.63) is 0 Å². The van der Waals surface area contributed by atoms with Crippen LogP contribution in [0.3, 0.4) is 0 Å². The fraction of sp³-hybridized carbons (Fsp3) is 0.875. The highest BCUT2D eigenvalue weighted by Gasteiger charge is 2.50. The summed E-state index contributed by atoms with van der Waals surface area (Å²) in [4.78, 5) is 23.7. The maximum absolute atomic E-state index is 12.1. The monoisotopic (exact) mass is 342 g/mol. The largest absolute Gasteiger partial charge is 0.441 e. The molecule has 0 spiro atoms. The summed E-state index contributed by atoms with van der Waals surface area (Å²) in [6.45, 7) is 0.622. The molecule has 0 radical (unpaired) electrons. The first kappa shape index (κ1) is 17.4. The van der Waals surface area contributed by atoms with E-state index in [1.165, 1.54) is 13.5 Å². The van der Waals surface area contributed by atoms with Crippen LogP contribution >= 0.6 is 0 Å². The third-order valence-electron chi connectivity index (χ3n) is 4.82. The summed E-state index contributed by atoms with van der Waals surface area (Å²) in [7, 11) is 1.47. The van der Waals surface area contributed by atoms with Gasteiger partial charge in [0.2, 0.25) is 5.91 Å². The van der Waals surface area contributed by atoms with E-state index in [-0.39, 0.29) is 43.4 Å². The number of carbonyl (C=O) groups is 2. The van der Waals surface area contributed by atoms with Crippen LogP contribution in [-0.4, -0.2) is 69.3 Å².